The zero-order chi connectivity index (χ0) is 21.7. The number of likely N-dealkylation sites (tertiary alicyclic amines) is 1. The lowest BCUT2D eigenvalue weighted by Gasteiger charge is -2.36. The van der Waals surface area contributed by atoms with E-state index in [1.165, 1.54) is 4.90 Å². The Hall–Kier alpha value is -2.45. The van der Waals surface area contributed by atoms with Crippen LogP contribution < -0.4 is 10.6 Å². The van der Waals surface area contributed by atoms with Crippen molar-refractivity contribution in [2.75, 3.05) is 20.2 Å². The quantitative estimate of drug-likeness (QED) is 0.609. The monoisotopic (exact) mass is 415 g/mol. The van der Waals surface area contributed by atoms with Crippen LogP contribution in [0.2, 0.25) is 0 Å². The second-order valence-corrected chi connectivity index (χ2v) is 8.78. The fraction of sp³-hybridized carbons (Fsp3) is 0.591. The van der Waals surface area contributed by atoms with Crippen LogP contribution in [0.15, 0.2) is 30.3 Å². The normalized spacial score (nSPS) is 36.7. The number of aliphatic hydroxyl groups is 1. The summed E-state index contributed by atoms with van der Waals surface area (Å²) in [4.78, 5) is 41.0. The zero-order valence-electron chi connectivity index (χ0n) is 17.6. The van der Waals surface area contributed by atoms with E-state index < -0.39 is 29.1 Å². The van der Waals surface area contributed by atoms with Gasteiger partial charge in [-0.05, 0) is 24.8 Å². The van der Waals surface area contributed by atoms with E-state index in [0.29, 0.717) is 13.0 Å². The van der Waals surface area contributed by atoms with E-state index in [9.17, 15) is 19.5 Å². The Kier molecular flexibility index (Phi) is 5.10. The van der Waals surface area contributed by atoms with E-state index in [4.69, 9.17) is 4.74 Å². The molecule has 0 aromatic heterocycles. The largest absolute Gasteiger partial charge is 0.395 e. The first-order valence-electron chi connectivity index (χ1n) is 10.4. The first kappa shape index (κ1) is 20.8. The number of rotatable bonds is 6. The minimum Gasteiger partial charge on any atom is -0.395 e. The van der Waals surface area contributed by atoms with Crippen LogP contribution in [0.1, 0.15) is 25.8 Å². The fourth-order valence-electron chi connectivity index (χ4n) is 5.82. The Morgan fingerprint density at radius 1 is 1.27 bits per heavy atom. The average molecular weight is 415 g/mol. The van der Waals surface area contributed by atoms with Gasteiger partial charge in [-0.2, -0.15) is 0 Å². The Morgan fingerprint density at radius 2 is 1.97 bits per heavy atom. The van der Waals surface area contributed by atoms with Gasteiger partial charge in [0, 0.05) is 20.1 Å². The van der Waals surface area contributed by atoms with E-state index >= 15 is 0 Å². The molecule has 0 saturated carbocycles. The number of β-amino-alcohol motifs (C(OH)–C–C–N with tert-alkyl or cyclic N) is 1. The molecule has 3 amide bonds. The highest BCUT2D eigenvalue weighted by molar-refractivity contribution is 5.99. The van der Waals surface area contributed by atoms with Gasteiger partial charge in [0.1, 0.15) is 11.6 Å². The van der Waals surface area contributed by atoms with Crippen molar-refractivity contribution in [2.24, 2.45) is 17.8 Å². The molecule has 8 heteroatoms. The van der Waals surface area contributed by atoms with Gasteiger partial charge >= 0.3 is 0 Å². The van der Waals surface area contributed by atoms with Crippen molar-refractivity contribution in [2.45, 2.75) is 44.1 Å². The SMILES string of the molecule is CNC(=O)[C@H]1[C@H]2C(=O)N(CCO)C(C(=O)NCc3ccccc3)C23CC(C)[C@]1(C)O3. The predicted molar refractivity (Wildman–Crippen MR) is 108 cm³/mol. The lowest BCUT2D eigenvalue weighted by Crippen LogP contribution is -2.56. The first-order chi connectivity index (χ1) is 14.3. The van der Waals surface area contributed by atoms with Gasteiger partial charge in [0.05, 0.1) is 24.0 Å². The number of carbonyl (C=O) groups excluding carboxylic acids is 3. The smallest absolute Gasteiger partial charge is 0.246 e. The van der Waals surface area contributed by atoms with Gasteiger partial charge < -0.3 is 25.4 Å². The van der Waals surface area contributed by atoms with Gasteiger partial charge in [-0.15, -0.1) is 0 Å². The third-order valence-electron chi connectivity index (χ3n) is 7.24. The van der Waals surface area contributed by atoms with E-state index in [-0.39, 0.29) is 36.8 Å². The molecule has 1 aromatic rings. The van der Waals surface area contributed by atoms with Gasteiger partial charge in [0.25, 0.3) is 0 Å². The van der Waals surface area contributed by atoms with E-state index in [1.807, 2.05) is 44.2 Å². The molecule has 0 aliphatic carbocycles. The number of hydrogen-bond donors (Lipinski definition) is 3. The highest BCUT2D eigenvalue weighted by atomic mass is 16.5. The molecule has 3 aliphatic heterocycles. The summed E-state index contributed by atoms with van der Waals surface area (Å²) in [5, 5.41) is 15.2. The van der Waals surface area contributed by atoms with Crippen molar-refractivity contribution < 1.29 is 24.2 Å². The molecule has 3 unspecified atom stereocenters. The van der Waals surface area contributed by atoms with E-state index in [0.717, 1.165) is 5.56 Å². The number of fused-ring (bicyclic) bond motifs is 1. The molecular weight excluding hydrogens is 386 g/mol. The molecular formula is C22H29N3O5. The Bertz CT molecular complexity index is 862. The molecule has 1 aromatic carbocycles. The molecule has 3 aliphatic rings. The summed E-state index contributed by atoms with van der Waals surface area (Å²) in [7, 11) is 1.55. The van der Waals surface area contributed by atoms with Gasteiger partial charge in [-0.1, -0.05) is 37.3 Å². The number of aliphatic hydroxyl groups excluding tert-OH is 1. The second kappa shape index (κ2) is 7.35. The molecule has 3 heterocycles. The first-order valence-corrected chi connectivity index (χ1v) is 10.4. The van der Waals surface area contributed by atoms with Crippen molar-refractivity contribution in [3.63, 3.8) is 0 Å². The molecule has 3 N–H and O–H groups in total. The topological polar surface area (TPSA) is 108 Å². The molecule has 162 valence electrons. The summed E-state index contributed by atoms with van der Waals surface area (Å²) < 4.78 is 6.49. The standard InChI is InChI=1S/C22H29N3O5/c1-13-11-22-16(15(18(27)23-3)21(13,2)30-22)20(29)25(9-10-26)17(22)19(28)24-12-14-7-5-4-6-8-14/h4-8,13,15-17,26H,9-12H2,1-3H3,(H,23,27)(H,24,28)/t13?,15-,16+,17?,21+,22?/m1/s1. The summed E-state index contributed by atoms with van der Waals surface area (Å²) >= 11 is 0. The van der Waals surface area contributed by atoms with E-state index in [2.05, 4.69) is 10.6 Å². The summed E-state index contributed by atoms with van der Waals surface area (Å²) in [5.41, 5.74) is -0.944. The van der Waals surface area contributed by atoms with Crippen LogP contribution in [0.25, 0.3) is 0 Å². The minimum absolute atomic E-state index is 0.00218. The highest BCUT2D eigenvalue weighted by Gasteiger charge is 2.79. The molecule has 30 heavy (non-hydrogen) atoms. The van der Waals surface area contributed by atoms with Crippen molar-refractivity contribution in [1.29, 1.82) is 0 Å². The third-order valence-corrected chi connectivity index (χ3v) is 7.24. The van der Waals surface area contributed by atoms with Crippen LogP contribution in [0, 0.1) is 17.8 Å². The highest BCUT2D eigenvalue weighted by Crippen LogP contribution is 2.65. The minimum atomic E-state index is -1.07. The lowest BCUT2D eigenvalue weighted by molar-refractivity contribution is -0.147. The number of benzene rings is 1. The van der Waals surface area contributed by atoms with Crippen LogP contribution in [0.3, 0.4) is 0 Å². The van der Waals surface area contributed by atoms with Crippen LogP contribution in [-0.2, 0) is 25.7 Å². The summed E-state index contributed by atoms with van der Waals surface area (Å²) in [5.74, 6) is -2.28. The molecule has 3 fully saturated rings. The van der Waals surface area contributed by atoms with Crippen molar-refractivity contribution in [3.05, 3.63) is 35.9 Å². The van der Waals surface area contributed by atoms with Crippen LogP contribution >= 0.6 is 0 Å². The molecule has 0 radical (unpaired) electrons. The average Bonchev–Trinajstić information content (AvgIpc) is 3.24. The van der Waals surface area contributed by atoms with Crippen LogP contribution in [0.5, 0.6) is 0 Å². The van der Waals surface area contributed by atoms with Gasteiger partial charge in [0.2, 0.25) is 17.7 Å². The maximum Gasteiger partial charge on any atom is 0.246 e. The molecule has 3 saturated heterocycles. The number of carbonyl (C=O) groups is 3. The number of nitrogens with one attached hydrogen (secondary N) is 2. The summed E-state index contributed by atoms with van der Waals surface area (Å²) in [6, 6.07) is 8.63. The lowest BCUT2D eigenvalue weighted by atomic mass is 9.62. The Labute approximate surface area is 176 Å². The molecule has 1 spiro atoms. The van der Waals surface area contributed by atoms with Crippen molar-refractivity contribution in [3.8, 4) is 0 Å². The molecule has 2 bridgehead atoms. The number of nitrogens with zero attached hydrogens (tertiary/aromatic N) is 1. The number of hydrogen-bond acceptors (Lipinski definition) is 5. The number of amides is 3. The molecule has 6 atom stereocenters. The second-order valence-electron chi connectivity index (χ2n) is 8.78. The van der Waals surface area contributed by atoms with Crippen molar-refractivity contribution >= 4 is 17.7 Å². The maximum atomic E-state index is 13.4. The molecule has 4 rings (SSSR count). The van der Waals surface area contributed by atoms with Crippen LogP contribution in [-0.4, -0.2) is 65.2 Å². The Morgan fingerprint density at radius 3 is 2.60 bits per heavy atom. The summed E-state index contributed by atoms with van der Waals surface area (Å²) in [6.45, 7) is 3.94. The summed E-state index contributed by atoms with van der Waals surface area (Å²) in [6.07, 6.45) is 0.513. The third kappa shape index (κ3) is 2.77. The predicted octanol–water partition coefficient (Wildman–Crippen LogP) is 0.0518. The molecule has 8 nitrogen and oxygen atoms in total. The Balaban J connectivity index is 1.69. The van der Waals surface area contributed by atoms with Crippen molar-refractivity contribution in [1.82, 2.24) is 15.5 Å². The number of ether oxygens (including phenoxy) is 1. The van der Waals surface area contributed by atoms with Gasteiger partial charge in [0.15, 0.2) is 0 Å². The maximum absolute atomic E-state index is 13.4. The van der Waals surface area contributed by atoms with Crippen LogP contribution in [0.4, 0.5) is 0 Å². The zero-order valence-corrected chi connectivity index (χ0v) is 17.6. The fourth-order valence-corrected chi connectivity index (χ4v) is 5.82. The van der Waals surface area contributed by atoms with Gasteiger partial charge in [-0.3, -0.25) is 14.4 Å². The van der Waals surface area contributed by atoms with Gasteiger partial charge in [-0.25, -0.2) is 0 Å². The van der Waals surface area contributed by atoms with E-state index in [1.54, 1.807) is 7.05 Å².